The Bertz CT molecular complexity index is 541. The number of nitrogens with two attached hydrogens (primary N) is 1. The van der Waals surface area contributed by atoms with Crippen molar-refractivity contribution < 1.29 is 4.52 Å². The van der Waals surface area contributed by atoms with Crippen LogP contribution < -0.4 is 5.73 Å². The van der Waals surface area contributed by atoms with Crippen molar-refractivity contribution in [2.45, 2.75) is 38.0 Å². The summed E-state index contributed by atoms with van der Waals surface area (Å²) in [5.74, 6) is 1.56. The van der Waals surface area contributed by atoms with E-state index in [4.69, 9.17) is 10.3 Å². The standard InChI is InChI=1S/C15H18N2O/c1-2-6-12-13(18-17-14(12)16)15(9-10-15)11-7-4-3-5-8-11/h3-5,7-8H,2,6,9-10H2,1H3,(H2,16,17). The van der Waals surface area contributed by atoms with Crippen LogP contribution >= 0.6 is 0 Å². The van der Waals surface area contributed by atoms with E-state index in [-0.39, 0.29) is 5.41 Å². The van der Waals surface area contributed by atoms with E-state index in [2.05, 4.69) is 36.3 Å². The quantitative estimate of drug-likeness (QED) is 0.895. The third-order valence-electron chi connectivity index (χ3n) is 3.83. The van der Waals surface area contributed by atoms with Gasteiger partial charge in [0.25, 0.3) is 0 Å². The Morgan fingerprint density at radius 1 is 1.28 bits per heavy atom. The highest BCUT2D eigenvalue weighted by atomic mass is 16.5. The summed E-state index contributed by atoms with van der Waals surface area (Å²) in [4.78, 5) is 0. The van der Waals surface area contributed by atoms with Crippen molar-refractivity contribution in [1.29, 1.82) is 0 Å². The molecule has 1 aliphatic rings. The number of hydrogen-bond acceptors (Lipinski definition) is 3. The number of rotatable bonds is 4. The molecule has 3 heteroatoms. The van der Waals surface area contributed by atoms with Crippen LogP contribution in [0.3, 0.4) is 0 Å². The first-order valence-corrected chi connectivity index (χ1v) is 6.58. The van der Waals surface area contributed by atoms with Gasteiger partial charge in [-0.05, 0) is 24.8 Å². The second-order valence-electron chi connectivity index (χ2n) is 5.07. The summed E-state index contributed by atoms with van der Waals surface area (Å²) < 4.78 is 5.55. The van der Waals surface area contributed by atoms with E-state index < -0.39 is 0 Å². The van der Waals surface area contributed by atoms with Crippen LogP contribution in [-0.2, 0) is 11.8 Å². The lowest BCUT2D eigenvalue weighted by Gasteiger charge is -2.13. The molecule has 0 aliphatic heterocycles. The van der Waals surface area contributed by atoms with Crippen molar-refractivity contribution in [3.05, 3.63) is 47.2 Å². The molecule has 0 saturated heterocycles. The number of nitrogens with zero attached hydrogens (tertiary/aromatic N) is 1. The van der Waals surface area contributed by atoms with Gasteiger partial charge < -0.3 is 10.3 Å². The number of anilines is 1. The van der Waals surface area contributed by atoms with Crippen molar-refractivity contribution in [3.8, 4) is 0 Å². The first-order chi connectivity index (χ1) is 8.78. The Kier molecular flexibility index (Phi) is 2.62. The van der Waals surface area contributed by atoms with Crippen molar-refractivity contribution in [1.82, 2.24) is 5.16 Å². The van der Waals surface area contributed by atoms with E-state index in [0.29, 0.717) is 5.82 Å². The fourth-order valence-electron chi connectivity index (χ4n) is 2.72. The predicted molar refractivity (Wildman–Crippen MR) is 71.4 cm³/mol. The number of hydrogen-bond donors (Lipinski definition) is 1. The van der Waals surface area contributed by atoms with Gasteiger partial charge in [0.05, 0.1) is 5.41 Å². The number of aromatic nitrogens is 1. The highest BCUT2D eigenvalue weighted by molar-refractivity contribution is 5.50. The van der Waals surface area contributed by atoms with Crippen LogP contribution in [0.5, 0.6) is 0 Å². The molecule has 3 nitrogen and oxygen atoms in total. The molecule has 0 atom stereocenters. The molecule has 0 bridgehead atoms. The highest BCUT2D eigenvalue weighted by Crippen LogP contribution is 2.55. The van der Waals surface area contributed by atoms with Crippen molar-refractivity contribution in [3.63, 3.8) is 0 Å². The van der Waals surface area contributed by atoms with Gasteiger partial charge in [-0.25, -0.2) is 0 Å². The molecule has 0 radical (unpaired) electrons. The van der Waals surface area contributed by atoms with Crippen LogP contribution in [0.2, 0.25) is 0 Å². The van der Waals surface area contributed by atoms with Gasteiger partial charge in [-0.1, -0.05) is 48.8 Å². The first-order valence-electron chi connectivity index (χ1n) is 6.58. The molecule has 0 amide bonds. The van der Waals surface area contributed by atoms with Gasteiger partial charge in [-0.15, -0.1) is 0 Å². The first kappa shape index (κ1) is 11.3. The van der Waals surface area contributed by atoms with Gasteiger partial charge in [0.15, 0.2) is 11.6 Å². The van der Waals surface area contributed by atoms with Gasteiger partial charge in [0.1, 0.15) is 0 Å². The topological polar surface area (TPSA) is 52.0 Å². The molecule has 0 unspecified atom stereocenters. The molecule has 1 aromatic carbocycles. The predicted octanol–water partition coefficient (Wildman–Crippen LogP) is 3.29. The van der Waals surface area contributed by atoms with Gasteiger partial charge in [-0.3, -0.25) is 0 Å². The molecule has 1 aromatic heterocycles. The fraction of sp³-hybridized carbons (Fsp3) is 0.400. The van der Waals surface area contributed by atoms with Gasteiger partial charge >= 0.3 is 0 Å². The molecule has 1 fully saturated rings. The Morgan fingerprint density at radius 3 is 2.61 bits per heavy atom. The van der Waals surface area contributed by atoms with E-state index >= 15 is 0 Å². The van der Waals surface area contributed by atoms with E-state index in [1.807, 2.05) is 6.07 Å². The van der Waals surface area contributed by atoms with Crippen LogP contribution in [0, 0.1) is 0 Å². The summed E-state index contributed by atoms with van der Waals surface area (Å²) in [5.41, 5.74) is 8.39. The van der Waals surface area contributed by atoms with Gasteiger partial charge in [0.2, 0.25) is 0 Å². The molecule has 2 N–H and O–H groups in total. The smallest absolute Gasteiger partial charge is 0.170 e. The Labute approximate surface area is 107 Å². The van der Waals surface area contributed by atoms with Crippen molar-refractivity contribution in [2.24, 2.45) is 0 Å². The summed E-state index contributed by atoms with van der Waals surface area (Å²) >= 11 is 0. The summed E-state index contributed by atoms with van der Waals surface area (Å²) in [5, 5.41) is 3.97. The lowest BCUT2D eigenvalue weighted by Crippen LogP contribution is -2.10. The third-order valence-corrected chi connectivity index (χ3v) is 3.83. The Hall–Kier alpha value is -1.77. The zero-order valence-corrected chi connectivity index (χ0v) is 10.6. The molecular formula is C15H18N2O. The van der Waals surface area contributed by atoms with Gasteiger partial charge in [-0.2, -0.15) is 0 Å². The highest BCUT2D eigenvalue weighted by Gasteiger charge is 2.50. The summed E-state index contributed by atoms with van der Waals surface area (Å²) in [6.07, 6.45) is 4.26. The Balaban J connectivity index is 2.05. The summed E-state index contributed by atoms with van der Waals surface area (Å²) in [6, 6.07) is 10.5. The van der Waals surface area contributed by atoms with Crippen LogP contribution in [0.25, 0.3) is 0 Å². The fourth-order valence-corrected chi connectivity index (χ4v) is 2.72. The zero-order chi connectivity index (χ0) is 12.6. The van der Waals surface area contributed by atoms with Crippen LogP contribution in [0.4, 0.5) is 5.82 Å². The molecule has 0 spiro atoms. The summed E-state index contributed by atoms with van der Waals surface area (Å²) in [6.45, 7) is 2.15. The molecule has 18 heavy (non-hydrogen) atoms. The number of benzene rings is 1. The minimum atomic E-state index is 0.0381. The normalized spacial score (nSPS) is 16.7. The minimum Gasteiger partial charge on any atom is -0.381 e. The molecule has 1 heterocycles. The van der Waals surface area contributed by atoms with E-state index in [9.17, 15) is 0 Å². The monoisotopic (exact) mass is 242 g/mol. The molecule has 94 valence electrons. The van der Waals surface area contributed by atoms with E-state index in [0.717, 1.165) is 37.0 Å². The lowest BCUT2D eigenvalue weighted by molar-refractivity contribution is 0.366. The number of nitrogen functional groups attached to an aromatic ring is 1. The summed E-state index contributed by atoms with van der Waals surface area (Å²) in [7, 11) is 0. The van der Waals surface area contributed by atoms with Crippen LogP contribution in [-0.4, -0.2) is 5.16 Å². The molecule has 1 saturated carbocycles. The van der Waals surface area contributed by atoms with Gasteiger partial charge in [0, 0.05) is 5.56 Å². The molecule has 1 aliphatic carbocycles. The molecule has 2 aromatic rings. The van der Waals surface area contributed by atoms with E-state index in [1.165, 1.54) is 5.56 Å². The maximum Gasteiger partial charge on any atom is 0.170 e. The van der Waals surface area contributed by atoms with Crippen LogP contribution in [0.1, 0.15) is 43.1 Å². The Morgan fingerprint density at radius 2 is 2.00 bits per heavy atom. The zero-order valence-electron chi connectivity index (χ0n) is 10.6. The van der Waals surface area contributed by atoms with Crippen LogP contribution in [0.15, 0.2) is 34.9 Å². The maximum absolute atomic E-state index is 5.93. The SMILES string of the molecule is CCCc1c(N)noc1C1(c2ccccc2)CC1. The second-order valence-corrected chi connectivity index (χ2v) is 5.07. The average molecular weight is 242 g/mol. The van der Waals surface area contributed by atoms with Crippen molar-refractivity contribution in [2.75, 3.05) is 5.73 Å². The largest absolute Gasteiger partial charge is 0.381 e. The third kappa shape index (κ3) is 1.62. The molecular weight excluding hydrogens is 224 g/mol. The van der Waals surface area contributed by atoms with E-state index in [1.54, 1.807) is 0 Å². The minimum absolute atomic E-state index is 0.0381. The maximum atomic E-state index is 5.93. The van der Waals surface area contributed by atoms with Crippen molar-refractivity contribution >= 4 is 5.82 Å². The second kappa shape index (κ2) is 4.16. The lowest BCUT2D eigenvalue weighted by atomic mass is 9.90. The molecule has 3 rings (SSSR count). The average Bonchev–Trinajstić information content (AvgIpc) is 3.13.